The van der Waals surface area contributed by atoms with Gasteiger partial charge in [0, 0.05) is 19.4 Å². The molecule has 0 saturated carbocycles. The predicted molar refractivity (Wildman–Crippen MR) is 48.0 cm³/mol. The van der Waals surface area contributed by atoms with Gasteiger partial charge in [0.1, 0.15) is 5.78 Å². The Bertz CT molecular complexity index is 157. The fraction of sp³-hybridized carbons (Fsp3) is 0.700. The minimum atomic E-state index is 0.210. The van der Waals surface area contributed by atoms with E-state index in [0.29, 0.717) is 18.6 Å². The molecule has 2 nitrogen and oxygen atoms in total. The van der Waals surface area contributed by atoms with E-state index < -0.39 is 0 Å². The summed E-state index contributed by atoms with van der Waals surface area (Å²) < 4.78 is 5.36. The normalized spacial score (nSPS) is 22.5. The lowest BCUT2D eigenvalue weighted by molar-refractivity contribution is -0.121. The van der Waals surface area contributed by atoms with E-state index in [9.17, 15) is 4.79 Å². The molecule has 1 aliphatic rings. The lowest BCUT2D eigenvalue weighted by Gasteiger charge is -2.06. The van der Waals surface area contributed by atoms with Gasteiger partial charge in [-0.25, -0.2) is 0 Å². The summed E-state index contributed by atoms with van der Waals surface area (Å²) in [6.07, 6.45) is 6.19. The van der Waals surface area contributed by atoms with Gasteiger partial charge in [0.15, 0.2) is 0 Å². The third kappa shape index (κ3) is 3.18. The number of ketones is 1. The topological polar surface area (TPSA) is 26.3 Å². The number of rotatable bonds is 5. The molecule has 2 heteroatoms. The Labute approximate surface area is 73.6 Å². The van der Waals surface area contributed by atoms with Crippen LogP contribution in [0.1, 0.15) is 32.1 Å². The molecule has 0 aromatic heterocycles. The van der Waals surface area contributed by atoms with Gasteiger partial charge in [-0.15, -0.1) is 6.58 Å². The van der Waals surface area contributed by atoms with E-state index in [2.05, 4.69) is 6.58 Å². The Morgan fingerprint density at radius 2 is 2.50 bits per heavy atom. The fourth-order valence-corrected chi connectivity index (χ4v) is 1.42. The number of Topliss-reactive ketones (excluding diaryl/α,β-unsaturated/α-hetero) is 1. The first-order chi connectivity index (χ1) is 5.83. The average molecular weight is 168 g/mol. The van der Waals surface area contributed by atoms with Crippen molar-refractivity contribution in [3.63, 3.8) is 0 Å². The summed E-state index contributed by atoms with van der Waals surface area (Å²) in [5.41, 5.74) is 0. The highest BCUT2D eigenvalue weighted by molar-refractivity contribution is 5.79. The van der Waals surface area contributed by atoms with E-state index in [1.165, 1.54) is 0 Å². The first-order valence-corrected chi connectivity index (χ1v) is 4.57. The fourth-order valence-electron chi connectivity index (χ4n) is 1.42. The summed E-state index contributed by atoms with van der Waals surface area (Å²) in [7, 11) is 0. The van der Waals surface area contributed by atoms with Crippen molar-refractivity contribution in [1.29, 1.82) is 0 Å². The smallest absolute Gasteiger partial charge is 0.135 e. The number of hydrogen-bond donors (Lipinski definition) is 0. The van der Waals surface area contributed by atoms with Crippen LogP contribution in [0, 0.1) is 0 Å². The summed E-state index contributed by atoms with van der Waals surface area (Å²) in [6, 6.07) is 0. The molecule has 1 atom stereocenters. The van der Waals surface area contributed by atoms with Crippen LogP contribution in [-0.2, 0) is 9.53 Å². The zero-order valence-corrected chi connectivity index (χ0v) is 7.42. The first kappa shape index (κ1) is 9.46. The molecule has 1 rings (SSSR count). The number of carbonyl (C=O) groups excluding carboxylic acids is 1. The van der Waals surface area contributed by atoms with Crippen LogP contribution in [0.2, 0.25) is 0 Å². The molecule has 0 amide bonds. The second-order valence-electron chi connectivity index (χ2n) is 3.21. The highest BCUT2D eigenvalue weighted by atomic mass is 16.5. The molecule has 1 heterocycles. The van der Waals surface area contributed by atoms with Crippen molar-refractivity contribution in [2.75, 3.05) is 6.61 Å². The first-order valence-electron chi connectivity index (χ1n) is 4.57. The van der Waals surface area contributed by atoms with E-state index >= 15 is 0 Å². The Kier molecular flexibility index (Phi) is 4.01. The maximum Gasteiger partial charge on any atom is 0.135 e. The molecule has 12 heavy (non-hydrogen) atoms. The number of allylic oxidation sites excluding steroid dienone is 1. The van der Waals surface area contributed by atoms with Gasteiger partial charge in [0.25, 0.3) is 0 Å². The molecule has 0 radical (unpaired) electrons. The van der Waals surface area contributed by atoms with E-state index in [-0.39, 0.29) is 6.10 Å². The zero-order chi connectivity index (χ0) is 8.81. The van der Waals surface area contributed by atoms with Gasteiger partial charge < -0.3 is 4.74 Å². The van der Waals surface area contributed by atoms with E-state index in [0.717, 1.165) is 25.9 Å². The highest BCUT2D eigenvalue weighted by Crippen LogP contribution is 2.16. The Balaban J connectivity index is 2.11. The Morgan fingerprint density at radius 3 is 3.08 bits per heavy atom. The van der Waals surface area contributed by atoms with Gasteiger partial charge in [-0.3, -0.25) is 4.79 Å². The van der Waals surface area contributed by atoms with Crippen molar-refractivity contribution in [2.24, 2.45) is 0 Å². The predicted octanol–water partition coefficient (Wildman–Crippen LogP) is 2.09. The molecule has 0 bridgehead atoms. The van der Waals surface area contributed by atoms with Crippen molar-refractivity contribution in [3.05, 3.63) is 12.7 Å². The van der Waals surface area contributed by atoms with Gasteiger partial charge in [-0.2, -0.15) is 0 Å². The molecule has 0 spiro atoms. The summed E-state index contributed by atoms with van der Waals surface area (Å²) in [6.45, 7) is 4.41. The van der Waals surface area contributed by atoms with Crippen molar-refractivity contribution in [2.45, 2.75) is 38.2 Å². The molecule has 1 saturated heterocycles. The monoisotopic (exact) mass is 168 g/mol. The second-order valence-corrected chi connectivity index (χ2v) is 3.21. The van der Waals surface area contributed by atoms with Crippen LogP contribution in [-0.4, -0.2) is 18.5 Å². The molecule has 0 aromatic rings. The van der Waals surface area contributed by atoms with Crippen LogP contribution in [0.4, 0.5) is 0 Å². The molecule has 68 valence electrons. The van der Waals surface area contributed by atoms with Gasteiger partial charge >= 0.3 is 0 Å². The van der Waals surface area contributed by atoms with Crippen LogP contribution in [0.5, 0.6) is 0 Å². The van der Waals surface area contributed by atoms with Gasteiger partial charge in [-0.1, -0.05) is 6.08 Å². The summed E-state index contributed by atoms with van der Waals surface area (Å²) in [5, 5.41) is 0. The van der Waals surface area contributed by atoms with Gasteiger partial charge in [0.2, 0.25) is 0 Å². The maximum absolute atomic E-state index is 11.2. The molecular formula is C10H16O2. The largest absolute Gasteiger partial charge is 0.378 e. The standard InChI is InChI=1S/C10H16O2/c1-2-3-5-9(11)8-10-6-4-7-12-10/h2,10H,1,3-8H2. The number of hydrogen-bond acceptors (Lipinski definition) is 2. The van der Waals surface area contributed by atoms with Crippen molar-refractivity contribution in [3.8, 4) is 0 Å². The molecule has 1 unspecified atom stereocenters. The van der Waals surface area contributed by atoms with Crippen molar-refractivity contribution >= 4 is 5.78 Å². The Morgan fingerprint density at radius 1 is 1.67 bits per heavy atom. The minimum Gasteiger partial charge on any atom is -0.378 e. The van der Waals surface area contributed by atoms with Crippen LogP contribution in [0.3, 0.4) is 0 Å². The molecular weight excluding hydrogens is 152 g/mol. The third-order valence-electron chi connectivity index (χ3n) is 2.11. The molecule has 0 aromatic carbocycles. The maximum atomic E-state index is 11.2. The summed E-state index contributed by atoms with van der Waals surface area (Å²) in [5.74, 6) is 0.307. The zero-order valence-electron chi connectivity index (χ0n) is 7.42. The number of ether oxygens (including phenoxy) is 1. The SMILES string of the molecule is C=CCCC(=O)CC1CCCO1. The quantitative estimate of drug-likeness (QED) is 0.587. The molecule has 0 aliphatic carbocycles. The summed E-state index contributed by atoms with van der Waals surface area (Å²) >= 11 is 0. The second kappa shape index (κ2) is 5.09. The number of carbonyl (C=O) groups is 1. The van der Waals surface area contributed by atoms with Gasteiger partial charge in [-0.05, 0) is 19.3 Å². The minimum absolute atomic E-state index is 0.210. The van der Waals surface area contributed by atoms with Gasteiger partial charge in [0.05, 0.1) is 6.10 Å². The van der Waals surface area contributed by atoms with E-state index in [1.807, 2.05) is 0 Å². The lowest BCUT2D eigenvalue weighted by Crippen LogP contribution is -2.11. The van der Waals surface area contributed by atoms with Crippen LogP contribution in [0.15, 0.2) is 12.7 Å². The molecule has 1 fully saturated rings. The van der Waals surface area contributed by atoms with Crippen LogP contribution >= 0.6 is 0 Å². The molecule has 0 N–H and O–H groups in total. The Hall–Kier alpha value is -0.630. The van der Waals surface area contributed by atoms with Crippen molar-refractivity contribution in [1.82, 2.24) is 0 Å². The van der Waals surface area contributed by atoms with Crippen LogP contribution in [0.25, 0.3) is 0 Å². The third-order valence-corrected chi connectivity index (χ3v) is 2.11. The van der Waals surface area contributed by atoms with Crippen molar-refractivity contribution < 1.29 is 9.53 Å². The van der Waals surface area contributed by atoms with Crippen LogP contribution < -0.4 is 0 Å². The lowest BCUT2D eigenvalue weighted by atomic mass is 10.1. The average Bonchev–Trinajstić information content (AvgIpc) is 2.53. The van der Waals surface area contributed by atoms with E-state index in [1.54, 1.807) is 6.08 Å². The summed E-state index contributed by atoms with van der Waals surface area (Å²) in [4.78, 5) is 11.2. The van der Waals surface area contributed by atoms with E-state index in [4.69, 9.17) is 4.74 Å². The molecule has 1 aliphatic heterocycles. The highest BCUT2D eigenvalue weighted by Gasteiger charge is 2.18.